The van der Waals surface area contributed by atoms with Gasteiger partial charge in [0.1, 0.15) is 0 Å². The van der Waals surface area contributed by atoms with Gasteiger partial charge in [0, 0.05) is 31.1 Å². The number of guanidine groups is 1. The van der Waals surface area contributed by atoms with Crippen LogP contribution in [0.25, 0.3) is 0 Å². The summed E-state index contributed by atoms with van der Waals surface area (Å²) in [5.74, 6) is 0.906. The predicted octanol–water partition coefficient (Wildman–Crippen LogP) is 2.72. The second kappa shape index (κ2) is 8.66. The Hall–Kier alpha value is -0.720. The molecule has 1 aliphatic rings. The van der Waals surface area contributed by atoms with E-state index in [1.165, 1.54) is 5.56 Å². The summed E-state index contributed by atoms with van der Waals surface area (Å²) < 4.78 is 5.77. The third kappa shape index (κ3) is 5.20. The van der Waals surface area contributed by atoms with Crippen LogP contribution in [0.3, 0.4) is 0 Å². The van der Waals surface area contributed by atoms with Crippen LogP contribution in [0, 0.1) is 0 Å². The van der Waals surface area contributed by atoms with Gasteiger partial charge in [-0.25, -0.2) is 4.99 Å². The summed E-state index contributed by atoms with van der Waals surface area (Å²) in [6.45, 7) is 6.38. The van der Waals surface area contributed by atoms with E-state index in [1.54, 1.807) is 11.3 Å². The molecule has 0 bridgehead atoms. The molecule has 118 valence electrons. The van der Waals surface area contributed by atoms with Gasteiger partial charge >= 0.3 is 0 Å². The van der Waals surface area contributed by atoms with Crippen LogP contribution in [0.4, 0.5) is 0 Å². The summed E-state index contributed by atoms with van der Waals surface area (Å²) in [4.78, 5) is 4.67. The van der Waals surface area contributed by atoms with Crippen LogP contribution >= 0.6 is 23.1 Å². The zero-order valence-corrected chi connectivity index (χ0v) is 14.5. The van der Waals surface area contributed by atoms with E-state index >= 15 is 0 Å². The molecule has 2 N–H and O–H groups in total. The Morgan fingerprint density at radius 1 is 1.43 bits per heavy atom. The van der Waals surface area contributed by atoms with E-state index in [2.05, 4.69) is 45.6 Å². The van der Waals surface area contributed by atoms with Gasteiger partial charge in [0.05, 0.1) is 6.54 Å². The molecule has 2 heterocycles. The lowest BCUT2D eigenvalue weighted by Gasteiger charge is -2.36. The van der Waals surface area contributed by atoms with Crippen molar-refractivity contribution >= 4 is 29.1 Å². The van der Waals surface area contributed by atoms with Gasteiger partial charge in [-0.05, 0) is 48.4 Å². The lowest BCUT2D eigenvalue weighted by Crippen LogP contribution is -2.47. The van der Waals surface area contributed by atoms with Crippen molar-refractivity contribution in [3.63, 3.8) is 0 Å². The van der Waals surface area contributed by atoms with Gasteiger partial charge < -0.3 is 15.4 Å². The van der Waals surface area contributed by atoms with Gasteiger partial charge in [0.25, 0.3) is 0 Å². The smallest absolute Gasteiger partial charge is 0.191 e. The number of rotatable bonds is 6. The largest absolute Gasteiger partial charge is 0.381 e. The second-order valence-corrected chi connectivity index (χ2v) is 7.23. The van der Waals surface area contributed by atoms with Crippen molar-refractivity contribution in [3.8, 4) is 0 Å². The fraction of sp³-hybridized carbons (Fsp3) is 0.667. The molecule has 0 amide bonds. The first-order chi connectivity index (χ1) is 10.3. The van der Waals surface area contributed by atoms with Crippen molar-refractivity contribution in [2.75, 3.05) is 32.6 Å². The molecule has 0 radical (unpaired) electrons. The maximum Gasteiger partial charge on any atom is 0.191 e. The first kappa shape index (κ1) is 16.6. The first-order valence-corrected chi connectivity index (χ1v) is 9.61. The summed E-state index contributed by atoms with van der Waals surface area (Å²) in [7, 11) is 0. The second-order valence-electron chi connectivity index (χ2n) is 5.18. The number of nitrogens with zero attached hydrogens (tertiary/aromatic N) is 1. The van der Waals surface area contributed by atoms with Gasteiger partial charge in [-0.1, -0.05) is 0 Å². The highest BCUT2D eigenvalue weighted by Gasteiger charge is 2.31. The fourth-order valence-electron chi connectivity index (χ4n) is 2.34. The Kier molecular flexibility index (Phi) is 6.86. The SMILES string of the molecule is CCNC(=NCc1ccsc1)NCC1(SC)CCOCC1. The van der Waals surface area contributed by atoms with Crippen LogP contribution < -0.4 is 10.6 Å². The van der Waals surface area contributed by atoms with E-state index in [0.717, 1.165) is 51.6 Å². The van der Waals surface area contributed by atoms with E-state index in [1.807, 2.05) is 11.8 Å². The van der Waals surface area contributed by atoms with E-state index in [9.17, 15) is 0 Å². The molecule has 4 nitrogen and oxygen atoms in total. The maximum absolute atomic E-state index is 5.49. The molecule has 0 atom stereocenters. The van der Waals surface area contributed by atoms with Crippen LogP contribution in [0.5, 0.6) is 0 Å². The molecule has 0 saturated carbocycles. The van der Waals surface area contributed by atoms with Crippen molar-refractivity contribution in [1.82, 2.24) is 10.6 Å². The standard InChI is InChI=1S/C15H25N3OS2/c1-3-16-14(17-10-13-4-9-21-11-13)18-12-15(20-2)5-7-19-8-6-15/h4,9,11H,3,5-8,10,12H2,1-2H3,(H2,16,17,18). The molecule has 1 aromatic heterocycles. The number of thiophene rings is 1. The molecule has 1 aliphatic heterocycles. The number of hydrogen-bond acceptors (Lipinski definition) is 4. The highest BCUT2D eigenvalue weighted by molar-refractivity contribution is 8.00. The van der Waals surface area contributed by atoms with Crippen LogP contribution in [-0.4, -0.2) is 43.3 Å². The molecule has 0 spiro atoms. The zero-order valence-electron chi connectivity index (χ0n) is 12.9. The Morgan fingerprint density at radius 2 is 2.24 bits per heavy atom. The molecular weight excluding hydrogens is 302 g/mol. The molecule has 0 aromatic carbocycles. The highest BCUT2D eigenvalue weighted by Crippen LogP contribution is 2.32. The van der Waals surface area contributed by atoms with Gasteiger partial charge in [-0.15, -0.1) is 0 Å². The van der Waals surface area contributed by atoms with Gasteiger partial charge in [0.15, 0.2) is 5.96 Å². The molecule has 0 aliphatic carbocycles. The van der Waals surface area contributed by atoms with Crippen LogP contribution in [-0.2, 0) is 11.3 Å². The minimum Gasteiger partial charge on any atom is -0.381 e. The minimum absolute atomic E-state index is 0.275. The van der Waals surface area contributed by atoms with Crippen molar-refractivity contribution in [2.24, 2.45) is 4.99 Å². The van der Waals surface area contributed by atoms with Gasteiger partial charge in [0.2, 0.25) is 0 Å². The summed E-state index contributed by atoms with van der Waals surface area (Å²) >= 11 is 3.66. The molecule has 0 unspecified atom stereocenters. The Morgan fingerprint density at radius 3 is 2.86 bits per heavy atom. The van der Waals surface area contributed by atoms with E-state index < -0.39 is 0 Å². The van der Waals surface area contributed by atoms with Crippen LogP contribution in [0.1, 0.15) is 25.3 Å². The van der Waals surface area contributed by atoms with Crippen LogP contribution in [0.2, 0.25) is 0 Å². The van der Waals surface area contributed by atoms with Gasteiger partial charge in [-0.3, -0.25) is 0 Å². The monoisotopic (exact) mass is 327 g/mol. The Labute approximate surface area is 135 Å². The summed E-state index contributed by atoms with van der Waals surface area (Å²) in [5, 5.41) is 11.1. The quantitative estimate of drug-likeness (QED) is 0.623. The van der Waals surface area contributed by atoms with Gasteiger partial charge in [-0.2, -0.15) is 23.1 Å². The summed E-state index contributed by atoms with van der Waals surface area (Å²) in [6, 6.07) is 2.12. The molecule has 1 fully saturated rings. The molecule has 21 heavy (non-hydrogen) atoms. The zero-order chi connectivity index (χ0) is 15.0. The van der Waals surface area contributed by atoms with Crippen molar-refractivity contribution in [2.45, 2.75) is 31.1 Å². The fourth-order valence-corrected chi connectivity index (χ4v) is 3.79. The third-order valence-corrected chi connectivity index (χ3v) is 5.91. The maximum atomic E-state index is 5.49. The number of nitrogens with one attached hydrogen (secondary N) is 2. The van der Waals surface area contributed by atoms with Crippen LogP contribution in [0.15, 0.2) is 21.8 Å². The lowest BCUT2D eigenvalue weighted by molar-refractivity contribution is 0.0783. The highest BCUT2D eigenvalue weighted by atomic mass is 32.2. The number of hydrogen-bond donors (Lipinski definition) is 2. The van der Waals surface area contributed by atoms with Crippen molar-refractivity contribution in [3.05, 3.63) is 22.4 Å². The third-order valence-electron chi connectivity index (χ3n) is 3.76. The average molecular weight is 328 g/mol. The number of aliphatic imine (C=N–C) groups is 1. The molecular formula is C15H25N3OS2. The Bertz CT molecular complexity index is 428. The molecule has 6 heteroatoms. The normalized spacial score (nSPS) is 18.5. The summed E-state index contributed by atoms with van der Waals surface area (Å²) in [6.07, 6.45) is 4.40. The Balaban J connectivity index is 1.90. The van der Waals surface area contributed by atoms with Crippen molar-refractivity contribution < 1.29 is 4.74 Å². The predicted molar refractivity (Wildman–Crippen MR) is 93.4 cm³/mol. The molecule has 1 saturated heterocycles. The molecule has 2 rings (SSSR count). The van der Waals surface area contributed by atoms with E-state index in [-0.39, 0.29) is 4.75 Å². The summed E-state index contributed by atoms with van der Waals surface area (Å²) in [5.41, 5.74) is 1.27. The number of ether oxygens (including phenoxy) is 1. The molecule has 1 aromatic rings. The van der Waals surface area contributed by atoms with E-state index in [0.29, 0.717) is 0 Å². The van der Waals surface area contributed by atoms with Crippen molar-refractivity contribution in [1.29, 1.82) is 0 Å². The first-order valence-electron chi connectivity index (χ1n) is 7.44. The average Bonchev–Trinajstić information content (AvgIpc) is 3.04. The minimum atomic E-state index is 0.275. The number of thioether (sulfide) groups is 1. The topological polar surface area (TPSA) is 45.7 Å². The lowest BCUT2D eigenvalue weighted by atomic mass is 9.99. The van der Waals surface area contributed by atoms with E-state index in [4.69, 9.17) is 4.74 Å².